The minimum atomic E-state index is -6.33. The molecule has 0 aliphatic heterocycles. The Morgan fingerprint density at radius 2 is 1.22 bits per heavy atom. The summed E-state index contributed by atoms with van der Waals surface area (Å²) in [7, 11) is 0. The second-order valence-electron chi connectivity index (χ2n) is 4.62. The Labute approximate surface area is 131 Å². The molecule has 0 fully saturated rings. The van der Waals surface area contributed by atoms with E-state index in [-0.39, 0.29) is 12.1 Å². The molecular weight excluding hydrogens is 414 g/mol. The first-order chi connectivity index (χ1) is 10.1. The van der Waals surface area contributed by atoms with Crippen LogP contribution in [0.3, 0.4) is 0 Å². The van der Waals surface area contributed by atoms with Crippen molar-refractivity contribution in [2.75, 3.05) is 0 Å². The van der Waals surface area contributed by atoms with Crippen molar-refractivity contribution in [3.05, 3.63) is 33.8 Å². The van der Waals surface area contributed by atoms with Gasteiger partial charge in [0.15, 0.2) is 0 Å². The molecule has 1 rings (SSSR count). The van der Waals surface area contributed by atoms with Crippen LogP contribution in [0.5, 0.6) is 0 Å². The lowest BCUT2D eigenvalue weighted by Crippen LogP contribution is -2.50. The predicted molar refractivity (Wildman–Crippen MR) is 63.4 cm³/mol. The molecule has 0 aliphatic carbocycles. The highest BCUT2D eigenvalue weighted by molar-refractivity contribution is 9.10. The first-order valence-corrected chi connectivity index (χ1v) is 6.56. The summed E-state index contributed by atoms with van der Waals surface area (Å²) in [4.78, 5) is 0. The molecule has 0 aromatic heterocycles. The van der Waals surface area contributed by atoms with Gasteiger partial charge in [-0.3, -0.25) is 0 Å². The van der Waals surface area contributed by atoms with Crippen molar-refractivity contribution in [1.82, 2.24) is 0 Å². The van der Waals surface area contributed by atoms with E-state index < -0.39 is 52.6 Å². The zero-order valence-electron chi connectivity index (χ0n) is 10.8. The first-order valence-electron chi connectivity index (χ1n) is 5.77. The molecule has 0 atom stereocenters. The van der Waals surface area contributed by atoms with Crippen LogP contribution in [0.4, 0.5) is 43.9 Å². The second kappa shape index (κ2) is 6.14. The van der Waals surface area contributed by atoms with E-state index in [1.54, 1.807) is 0 Å². The zero-order chi connectivity index (χ0) is 18.3. The van der Waals surface area contributed by atoms with Crippen molar-refractivity contribution in [1.29, 1.82) is 0 Å². The van der Waals surface area contributed by atoms with Gasteiger partial charge in [-0.1, -0.05) is 22.0 Å². The van der Waals surface area contributed by atoms with Gasteiger partial charge in [0.2, 0.25) is 0 Å². The number of rotatable bonds is 3. The monoisotopic (exact) mass is 420 g/mol. The molecule has 132 valence electrons. The van der Waals surface area contributed by atoms with Crippen LogP contribution in [-0.2, 0) is 12.1 Å². The van der Waals surface area contributed by atoms with Crippen molar-refractivity contribution in [3.63, 3.8) is 0 Å². The Kier molecular flexibility index (Phi) is 5.35. The molecule has 11 heteroatoms. The Morgan fingerprint density at radius 1 is 0.739 bits per heavy atom. The summed E-state index contributed by atoms with van der Waals surface area (Å²) in [5.41, 5.74) is -8.03. The molecule has 1 aromatic carbocycles. The number of halogens is 11. The van der Waals surface area contributed by atoms with E-state index in [1.165, 1.54) is 0 Å². The van der Waals surface area contributed by atoms with Gasteiger partial charge >= 0.3 is 24.2 Å². The highest BCUT2D eigenvalue weighted by Gasteiger charge is 2.73. The molecule has 0 radical (unpaired) electrons. The van der Waals surface area contributed by atoms with Crippen LogP contribution in [-0.4, -0.2) is 18.5 Å². The van der Waals surface area contributed by atoms with E-state index >= 15 is 0 Å². The Balaban J connectivity index is 3.38. The largest absolute Gasteiger partial charge is 0.435 e. The molecule has 0 aliphatic rings. The van der Waals surface area contributed by atoms with E-state index in [0.717, 1.165) is 6.07 Å². The predicted octanol–water partition coefficient (Wildman–Crippen LogP) is 6.23. The fourth-order valence-electron chi connectivity index (χ4n) is 1.77. The number of aryl methyl sites for hydroxylation is 1. The summed E-state index contributed by atoms with van der Waals surface area (Å²) in [6, 6.07) is 1.26. The van der Waals surface area contributed by atoms with E-state index in [9.17, 15) is 43.9 Å². The molecule has 0 N–H and O–H groups in total. The smallest absolute Gasteiger partial charge is 0.218 e. The molecule has 0 unspecified atom stereocenters. The lowest BCUT2D eigenvalue weighted by atomic mass is 9.92. The summed E-state index contributed by atoms with van der Waals surface area (Å²) in [5, 5.41) is 0. The maximum Gasteiger partial charge on any atom is 0.435 e. The average molecular weight is 421 g/mol. The summed E-state index contributed by atoms with van der Waals surface area (Å²) in [6.45, 7) is 0. The molecule has 0 bridgehead atoms. The number of hydrogen-bond acceptors (Lipinski definition) is 0. The normalized spacial score (nSPS) is 14.2. The third-order valence-corrected chi connectivity index (χ3v) is 3.29. The van der Waals surface area contributed by atoms with Crippen LogP contribution in [0.2, 0.25) is 0 Å². The topological polar surface area (TPSA) is 0 Å². The van der Waals surface area contributed by atoms with Gasteiger partial charge < -0.3 is 0 Å². The zero-order valence-corrected chi connectivity index (χ0v) is 12.4. The summed E-state index contributed by atoms with van der Waals surface area (Å²) < 4.78 is 126. The van der Waals surface area contributed by atoms with Crippen LogP contribution >= 0.6 is 15.9 Å². The van der Waals surface area contributed by atoms with Gasteiger partial charge in [0, 0.05) is 16.5 Å². The van der Waals surface area contributed by atoms with Gasteiger partial charge in [-0.25, -0.2) is 4.39 Å². The molecule has 1 aromatic rings. The second-order valence-corrected chi connectivity index (χ2v) is 5.53. The highest BCUT2D eigenvalue weighted by Crippen LogP contribution is 2.53. The molecule has 0 nitrogen and oxygen atoms in total. The Morgan fingerprint density at radius 3 is 1.61 bits per heavy atom. The maximum absolute atomic E-state index is 13.9. The number of hydrogen-bond donors (Lipinski definition) is 0. The molecule has 0 amide bonds. The minimum absolute atomic E-state index is 0.136. The van der Waals surface area contributed by atoms with Crippen LogP contribution in [0, 0.1) is 0 Å². The summed E-state index contributed by atoms with van der Waals surface area (Å²) in [6.07, 6.45) is -19.7. The van der Waals surface area contributed by atoms with Gasteiger partial charge in [0.25, 0.3) is 0 Å². The van der Waals surface area contributed by atoms with Gasteiger partial charge in [-0.2, -0.15) is 39.5 Å². The maximum atomic E-state index is 13.9. The highest BCUT2D eigenvalue weighted by atomic mass is 79.9. The Hall–Kier alpha value is -1.00. The van der Waals surface area contributed by atoms with Gasteiger partial charge in [0.05, 0.1) is 0 Å². The van der Waals surface area contributed by atoms with Crippen LogP contribution in [0.1, 0.15) is 17.5 Å². The van der Waals surface area contributed by atoms with Gasteiger partial charge in [0.1, 0.15) is 0 Å². The Bertz CT molecular complexity index is 540. The third kappa shape index (κ3) is 4.51. The summed E-state index contributed by atoms with van der Waals surface area (Å²) in [5.74, 6) is 0. The molecule has 0 saturated heterocycles. The fourth-order valence-corrected chi connectivity index (χ4v) is 2.31. The van der Waals surface area contributed by atoms with Crippen molar-refractivity contribution in [2.24, 2.45) is 0 Å². The minimum Gasteiger partial charge on any atom is -0.218 e. The molecule has 0 saturated carbocycles. The van der Waals surface area contributed by atoms with E-state index in [0.29, 0.717) is 0 Å². The van der Waals surface area contributed by atoms with E-state index in [2.05, 4.69) is 15.9 Å². The average Bonchev–Trinajstić information content (AvgIpc) is 2.31. The van der Waals surface area contributed by atoms with Gasteiger partial charge in [-0.05, 0) is 24.1 Å². The lowest BCUT2D eigenvalue weighted by molar-refractivity contribution is -0.348. The van der Waals surface area contributed by atoms with Crippen molar-refractivity contribution >= 4 is 15.9 Å². The lowest BCUT2D eigenvalue weighted by Gasteiger charge is -2.30. The standard InChI is InChI=1S/C12H7BrF10/c13-8-4-6(1-2-9(14,15)16)3-7(5-8)10(17,11(18,19)20)12(21,22)23/h3-5H,1-2H2. The van der Waals surface area contributed by atoms with Crippen molar-refractivity contribution in [3.8, 4) is 0 Å². The van der Waals surface area contributed by atoms with Crippen molar-refractivity contribution < 1.29 is 43.9 Å². The third-order valence-electron chi connectivity index (χ3n) is 2.83. The van der Waals surface area contributed by atoms with Crippen molar-refractivity contribution in [2.45, 2.75) is 37.0 Å². The molecule has 0 spiro atoms. The van der Waals surface area contributed by atoms with Crippen LogP contribution in [0.25, 0.3) is 0 Å². The quantitative estimate of drug-likeness (QED) is 0.508. The van der Waals surface area contributed by atoms with Crippen LogP contribution in [0.15, 0.2) is 22.7 Å². The van der Waals surface area contributed by atoms with E-state index in [1.807, 2.05) is 0 Å². The molecular formula is C12H7BrF10. The number of benzene rings is 1. The number of alkyl halides is 10. The molecule has 23 heavy (non-hydrogen) atoms. The fraction of sp³-hybridized carbons (Fsp3) is 0.500. The first kappa shape index (κ1) is 20.0. The van der Waals surface area contributed by atoms with Gasteiger partial charge in [-0.15, -0.1) is 0 Å². The van der Waals surface area contributed by atoms with Crippen LogP contribution < -0.4 is 0 Å². The molecule has 0 heterocycles. The summed E-state index contributed by atoms with van der Waals surface area (Å²) >= 11 is 2.58. The van der Waals surface area contributed by atoms with E-state index in [4.69, 9.17) is 0 Å². The SMILES string of the molecule is FC(F)(F)CCc1cc(Br)cc(C(F)(C(F)(F)F)C(F)(F)F)c1.